The summed E-state index contributed by atoms with van der Waals surface area (Å²) in [6.45, 7) is 5.04. The van der Waals surface area contributed by atoms with Crippen molar-refractivity contribution in [1.82, 2.24) is 10.2 Å². The van der Waals surface area contributed by atoms with Gasteiger partial charge < -0.3 is 20.7 Å². The molecule has 1 aliphatic rings. The molecule has 2 amide bonds. The first-order valence-electron chi connectivity index (χ1n) is 8.55. The van der Waals surface area contributed by atoms with E-state index in [9.17, 15) is 9.59 Å². The number of piperidine rings is 1. The van der Waals surface area contributed by atoms with Crippen LogP contribution in [0.2, 0.25) is 0 Å². The predicted molar refractivity (Wildman–Crippen MR) is 92.9 cm³/mol. The summed E-state index contributed by atoms with van der Waals surface area (Å²) in [5.41, 5.74) is 5.90. The van der Waals surface area contributed by atoms with Crippen molar-refractivity contribution in [3.8, 4) is 5.75 Å². The van der Waals surface area contributed by atoms with Gasteiger partial charge in [-0.05, 0) is 57.4 Å². The zero-order valence-electron chi connectivity index (χ0n) is 14.5. The largest absolute Gasteiger partial charge is 0.484 e. The van der Waals surface area contributed by atoms with Gasteiger partial charge in [0, 0.05) is 30.7 Å². The van der Waals surface area contributed by atoms with E-state index in [0.29, 0.717) is 24.4 Å². The summed E-state index contributed by atoms with van der Waals surface area (Å²) in [6.07, 6.45) is 3.26. The van der Waals surface area contributed by atoms with Gasteiger partial charge in [0.1, 0.15) is 5.75 Å². The van der Waals surface area contributed by atoms with E-state index in [1.54, 1.807) is 24.3 Å². The Morgan fingerprint density at radius 2 is 1.83 bits per heavy atom. The highest BCUT2D eigenvalue weighted by atomic mass is 16.5. The third-order valence-corrected chi connectivity index (χ3v) is 4.39. The van der Waals surface area contributed by atoms with E-state index in [-0.39, 0.29) is 30.5 Å². The Labute approximate surface area is 143 Å². The second-order valence-electron chi connectivity index (χ2n) is 6.29. The monoisotopic (exact) mass is 333 g/mol. The molecule has 1 aliphatic heterocycles. The molecule has 132 valence electrons. The van der Waals surface area contributed by atoms with Gasteiger partial charge in [-0.3, -0.25) is 9.59 Å². The van der Waals surface area contributed by atoms with Crippen LogP contribution in [-0.4, -0.2) is 48.5 Å². The van der Waals surface area contributed by atoms with Gasteiger partial charge in [0.25, 0.3) is 11.8 Å². The van der Waals surface area contributed by atoms with E-state index in [4.69, 9.17) is 10.5 Å². The average Bonchev–Trinajstić information content (AvgIpc) is 2.58. The van der Waals surface area contributed by atoms with Crippen molar-refractivity contribution >= 4 is 11.8 Å². The molecular formula is C18H27N3O3. The summed E-state index contributed by atoms with van der Waals surface area (Å²) >= 11 is 0. The number of carbonyl (C=O) groups is 2. The van der Waals surface area contributed by atoms with Crippen LogP contribution in [0.4, 0.5) is 0 Å². The molecule has 0 radical (unpaired) electrons. The molecule has 24 heavy (non-hydrogen) atoms. The van der Waals surface area contributed by atoms with Crippen LogP contribution in [0.5, 0.6) is 5.75 Å². The van der Waals surface area contributed by atoms with E-state index >= 15 is 0 Å². The first-order chi connectivity index (χ1) is 11.5. The summed E-state index contributed by atoms with van der Waals surface area (Å²) in [4.78, 5) is 26.1. The molecule has 6 nitrogen and oxygen atoms in total. The van der Waals surface area contributed by atoms with Gasteiger partial charge in [-0.15, -0.1) is 0 Å². The Hall–Kier alpha value is -2.08. The van der Waals surface area contributed by atoms with Crippen molar-refractivity contribution in [3.63, 3.8) is 0 Å². The van der Waals surface area contributed by atoms with E-state index in [2.05, 4.69) is 19.2 Å². The van der Waals surface area contributed by atoms with E-state index in [1.807, 2.05) is 4.90 Å². The van der Waals surface area contributed by atoms with Gasteiger partial charge in [0.2, 0.25) is 0 Å². The summed E-state index contributed by atoms with van der Waals surface area (Å²) in [5, 5.41) is 2.71. The molecule has 3 N–H and O–H groups in total. The first kappa shape index (κ1) is 18.3. The Morgan fingerprint density at radius 3 is 2.42 bits per heavy atom. The van der Waals surface area contributed by atoms with E-state index in [1.165, 1.54) is 6.42 Å². The summed E-state index contributed by atoms with van der Waals surface area (Å²) in [7, 11) is 0. The maximum atomic E-state index is 12.4. The number of ether oxygens (including phenoxy) is 1. The van der Waals surface area contributed by atoms with Gasteiger partial charge in [0.05, 0.1) is 0 Å². The number of hydrogen-bond donors (Lipinski definition) is 2. The minimum atomic E-state index is -0.168. The number of carbonyl (C=O) groups excluding carboxylic acids is 2. The van der Waals surface area contributed by atoms with Crippen molar-refractivity contribution < 1.29 is 14.3 Å². The van der Waals surface area contributed by atoms with Crippen LogP contribution in [0.15, 0.2) is 24.3 Å². The fraction of sp³-hybridized carbons (Fsp3) is 0.556. The quantitative estimate of drug-likeness (QED) is 0.827. The number of benzene rings is 1. The number of amides is 2. The molecule has 0 saturated carbocycles. The molecule has 1 aromatic carbocycles. The minimum absolute atomic E-state index is 0.0134. The first-order valence-corrected chi connectivity index (χ1v) is 8.55. The Balaban J connectivity index is 1.87. The third-order valence-electron chi connectivity index (χ3n) is 4.39. The van der Waals surface area contributed by atoms with Crippen LogP contribution in [-0.2, 0) is 4.79 Å². The van der Waals surface area contributed by atoms with Crippen molar-refractivity contribution in [2.24, 2.45) is 5.73 Å². The lowest BCUT2D eigenvalue weighted by Crippen LogP contribution is -2.49. The fourth-order valence-electron chi connectivity index (χ4n) is 3.12. The lowest BCUT2D eigenvalue weighted by molar-refractivity contribution is -0.139. The fourth-order valence-corrected chi connectivity index (χ4v) is 3.12. The average molecular weight is 333 g/mol. The Bertz CT molecular complexity index is 549. The molecular weight excluding hydrogens is 306 g/mol. The highest BCUT2D eigenvalue weighted by Crippen LogP contribution is 2.22. The minimum Gasteiger partial charge on any atom is -0.484 e. The second kappa shape index (κ2) is 8.68. The van der Waals surface area contributed by atoms with Crippen molar-refractivity contribution in [3.05, 3.63) is 29.8 Å². The van der Waals surface area contributed by atoms with Crippen LogP contribution < -0.4 is 15.8 Å². The molecule has 0 aliphatic carbocycles. The van der Waals surface area contributed by atoms with Gasteiger partial charge in [0.15, 0.2) is 6.61 Å². The SMILES string of the molecule is CC1CCCC(C)N1C(=O)COc1ccc(C(=O)NCCN)cc1. The van der Waals surface area contributed by atoms with Crippen molar-refractivity contribution in [2.45, 2.75) is 45.2 Å². The van der Waals surface area contributed by atoms with E-state index in [0.717, 1.165) is 12.8 Å². The zero-order chi connectivity index (χ0) is 17.5. The summed E-state index contributed by atoms with van der Waals surface area (Å²) in [5.74, 6) is 0.426. The van der Waals surface area contributed by atoms with Gasteiger partial charge in [-0.1, -0.05) is 0 Å². The molecule has 1 fully saturated rings. The molecule has 6 heteroatoms. The number of rotatable bonds is 6. The molecule has 2 rings (SSSR count). The van der Waals surface area contributed by atoms with Crippen LogP contribution in [0.1, 0.15) is 43.5 Å². The smallest absolute Gasteiger partial charge is 0.260 e. The van der Waals surface area contributed by atoms with Crippen molar-refractivity contribution in [2.75, 3.05) is 19.7 Å². The number of nitrogens with two attached hydrogens (primary N) is 1. The van der Waals surface area contributed by atoms with Crippen molar-refractivity contribution in [1.29, 1.82) is 0 Å². The van der Waals surface area contributed by atoms with Crippen LogP contribution in [0.25, 0.3) is 0 Å². The van der Waals surface area contributed by atoms with Gasteiger partial charge >= 0.3 is 0 Å². The molecule has 1 aromatic rings. The molecule has 0 aromatic heterocycles. The number of nitrogens with zero attached hydrogens (tertiary/aromatic N) is 1. The Morgan fingerprint density at radius 1 is 1.21 bits per heavy atom. The summed E-state index contributed by atoms with van der Waals surface area (Å²) in [6, 6.07) is 7.29. The predicted octanol–water partition coefficient (Wildman–Crippen LogP) is 1.54. The third kappa shape index (κ3) is 4.71. The molecule has 0 bridgehead atoms. The van der Waals surface area contributed by atoms with Gasteiger partial charge in [-0.25, -0.2) is 0 Å². The highest BCUT2D eigenvalue weighted by molar-refractivity contribution is 5.94. The molecule has 1 saturated heterocycles. The number of nitrogens with one attached hydrogen (secondary N) is 1. The maximum absolute atomic E-state index is 12.4. The standard InChI is InChI=1S/C18H27N3O3/c1-13-4-3-5-14(2)21(13)17(22)12-24-16-8-6-15(7-9-16)18(23)20-11-10-19/h6-9,13-14H,3-5,10-12,19H2,1-2H3,(H,20,23). The van der Waals surface area contributed by atoms with Gasteiger partial charge in [-0.2, -0.15) is 0 Å². The normalized spacial score (nSPS) is 20.5. The summed E-state index contributed by atoms with van der Waals surface area (Å²) < 4.78 is 5.59. The molecule has 0 spiro atoms. The Kier molecular flexibility index (Phi) is 6.61. The second-order valence-corrected chi connectivity index (χ2v) is 6.29. The van der Waals surface area contributed by atoms with Crippen LogP contribution in [0.3, 0.4) is 0 Å². The van der Waals surface area contributed by atoms with E-state index < -0.39 is 0 Å². The molecule has 2 unspecified atom stereocenters. The lowest BCUT2D eigenvalue weighted by Gasteiger charge is -2.38. The molecule has 2 atom stereocenters. The lowest BCUT2D eigenvalue weighted by atomic mass is 9.97. The number of hydrogen-bond acceptors (Lipinski definition) is 4. The maximum Gasteiger partial charge on any atom is 0.260 e. The van der Waals surface area contributed by atoms with Crippen LogP contribution >= 0.6 is 0 Å². The number of likely N-dealkylation sites (tertiary alicyclic amines) is 1. The highest BCUT2D eigenvalue weighted by Gasteiger charge is 2.28. The molecule has 1 heterocycles. The van der Waals surface area contributed by atoms with Crippen LogP contribution in [0, 0.1) is 0 Å². The topological polar surface area (TPSA) is 84.7 Å². The zero-order valence-corrected chi connectivity index (χ0v) is 14.5.